The predicted molar refractivity (Wildman–Crippen MR) is 126 cm³/mol. The lowest BCUT2D eigenvalue weighted by Crippen LogP contribution is -2.39. The number of sulfone groups is 1. The van der Waals surface area contributed by atoms with Crippen LogP contribution >= 0.6 is 38.9 Å². The molecule has 0 radical (unpaired) electrons. The van der Waals surface area contributed by atoms with E-state index in [0.29, 0.717) is 36.7 Å². The molecule has 0 N–H and O–H groups in total. The van der Waals surface area contributed by atoms with E-state index in [1.54, 1.807) is 29.5 Å². The maximum Gasteiger partial charge on any atom is 0.185 e. The van der Waals surface area contributed by atoms with Gasteiger partial charge in [-0.1, -0.05) is 39.7 Å². The Morgan fingerprint density at radius 3 is 2.53 bits per heavy atom. The van der Waals surface area contributed by atoms with Gasteiger partial charge in [-0.05, 0) is 43.2 Å². The summed E-state index contributed by atoms with van der Waals surface area (Å²) in [6, 6.07) is 12.7. The first kappa shape index (κ1) is 21.6. The highest BCUT2D eigenvalue weighted by molar-refractivity contribution is 9.10. The minimum Gasteiger partial charge on any atom is -0.495 e. The summed E-state index contributed by atoms with van der Waals surface area (Å²) in [4.78, 5) is 7.15. The molecule has 1 aliphatic heterocycles. The van der Waals surface area contributed by atoms with Gasteiger partial charge in [-0.3, -0.25) is 0 Å². The standard InChI is InChI=1S/C21H20BrClN2O3S2/c1-28-19-7-4-15(22)12-20(19)30(26,27)17-8-10-25(11-9-17)21-24-18(13-29-21)14-2-5-16(23)6-3-14/h2-7,12-13,17H,8-11H2,1H3. The molecular formula is C21H20BrClN2O3S2. The maximum atomic E-state index is 13.2. The van der Waals surface area contributed by atoms with Gasteiger partial charge in [0.2, 0.25) is 0 Å². The molecule has 0 amide bonds. The van der Waals surface area contributed by atoms with Crippen LogP contribution in [0, 0.1) is 0 Å². The first-order valence-electron chi connectivity index (χ1n) is 9.42. The Labute approximate surface area is 193 Å². The lowest BCUT2D eigenvalue weighted by molar-refractivity contribution is 0.401. The molecule has 1 aliphatic rings. The second kappa shape index (κ2) is 8.86. The van der Waals surface area contributed by atoms with Gasteiger partial charge in [-0.25, -0.2) is 13.4 Å². The number of rotatable bonds is 5. The van der Waals surface area contributed by atoms with Crippen molar-refractivity contribution < 1.29 is 13.2 Å². The van der Waals surface area contributed by atoms with Crippen LogP contribution in [0.15, 0.2) is 57.2 Å². The summed E-state index contributed by atoms with van der Waals surface area (Å²) in [7, 11) is -1.99. The fourth-order valence-corrected chi connectivity index (χ4v) is 7.01. The predicted octanol–water partition coefficient (Wildman–Crippen LogP) is 5.68. The summed E-state index contributed by atoms with van der Waals surface area (Å²) >= 11 is 10.9. The van der Waals surface area contributed by atoms with E-state index in [9.17, 15) is 8.42 Å². The van der Waals surface area contributed by atoms with Gasteiger partial charge in [0.1, 0.15) is 10.6 Å². The molecule has 2 heterocycles. The Kier molecular flexibility index (Phi) is 6.39. The van der Waals surface area contributed by atoms with Crippen LogP contribution in [0.1, 0.15) is 12.8 Å². The number of thiazole rings is 1. The molecule has 30 heavy (non-hydrogen) atoms. The Hall–Kier alpha value is -1.61. The number of piperidine rings is 1. The van der Waals surface area contributed by atoms with Crippen LogP contribution in [0.25, 0.3) is 11.3 Å². The van der Waals surface area contributed by atoms with Crippen molar-refractivity contribution in [1.82, 2.24) is 4.98 Å². The highest BCUT2D eigenvalue weighted by atomic mass is 79.9. The molecule has 0 unspecified atom stereocenters. The maximum absolute atomic E-state index is 13.2. The number of benzene rings is 2. The minimum atomic E-state index is -3.49. The molecule has 0 bridgehead atoms. The summed E-state index contributed by atoms with van der Waals surface area (Å²) in [5.41, 5.74) is 1.92. The SMILES string of the molecule is COc1ccc(Br)cc1S(=O)(=O)C1CCN(c2nc(-c3ccc(Cl)cc3)cs2)CC1. The molecule has 3 aromatic rings. The molecule has 0 atom stereocenters. The van der Waals surface area contributed by atoms with Crippen LogP contribution in [-0.2, 0) is 9.84 Å². The van der Waals surface area contributed by atoms with Crippen molar-refractivity contribution in [3.05, 3.63) is 57.3 Å². The van der Waals surface area contributed by atoms with Crippen molar-refractivity contribution in [2.45, 2.75) is 23.0 Å². The molecule has 1 fully saturated rings. The van der Waals surface area contributed by atoms with E-state index in [2.05, 4.69) is 20.8 Å². The Bertz CT molecular complexity index is 1140. The highest BCUT2D eigenvalue weighted by Gasteiger charge is 2.34. The first-order chi connectivity index (χ1) is 14.4. The van der Waals surface area contributed by atoms with Crippen LogP contribution in [0.2, 0.25) is 5.02 Å². The monoisotopic (exact) mass is 526 g/mol. The zero-order valence-electron chi connectivity index (χ0n) is 16.2. The zero-order chi connectivity index (χ0) is 21.3. The van der Waals surface area contributed by atoms with E-state index < -0.39 is 15.1 Å². The third kappa shape index (κ3) is 4.37. The van der Waals surface area contributed by atoms with Gasteiger partial charge in [0.15, 0.2) is 15.0 Å². The number of anilines is 1. The Morgan fingerprint density at radius 1 is 1.17 bits per heavy atom. The molecule has 1 saturated heterocycles. The summed E-state index contributed by atoms with van der Waals surface area (Å²) in [6.45, 7) is 1.29. The molecule has 0 saturated carbocycles. The third-order valence-corrected chi connectivity index (χ3v) is 9.14. The van der Waals surface area contributed by atoms with Crippen LogP contribution in [0.4, 0.5) is 5.13 Å². The van der Waals surface area contributed by atoms with E-state index in [1.165, 1.54) is 7.11 Å². The summed E-state index contributed by atoms with van der Waals surface area (Å²) in [6.07, 6.45) is 1.10. The minimum absolute atomic E-state index is 0.247. The van der Waals surface area contributed by atoms with Crippen molar-refractivity contribution in [1.29, 1.82) is 0 Å². The Balaban J connectivity index is 1.48. The molecule has 2 aromatic carbocycles. The van der Waals surface area contributed by atoms with E-state index in [0.717, 1.165) is 20.9 Å². The lowest BCUT2D eigenvalue weighted by Gasteiger charge is -2.31. The summed E-state index contributed by atoms with van der Waals surface area (Å²) in [5.74, 6) is 0.383. The van der Waals surface area contributed by atoms with Gasteiger partial charge in [0, 0.05) is 33.5 Å². The molecule has 158 valence electrons. The van der Waals surface area contributed by atoms with E-state index in [4.69, 9.17) is 21.3 Å². The number of ether oxygens (including phenoxy) is 1. The molecular weight excluding hydrogens is 508 g/mol. The van der Waals surface area contributed by atoms with Gasteiger partial charge < -0.3 is 9.64 Å². The quantitative estimate of drug-likeness (QED) is 0.427. The molecule has 0 spiro atoms. The first-order valence-corrected chi connectivity index (χ1v) is 13.0. The second-order valence-corrected chi connectivity index (χ2v) is 11.4. The molecule has 4 rings (SSSR count). The van der Waals surface area contributed by atoms with Gasteiger partial charge in [-0.15, -0.1) is 11.3 Å². The van der Waals surface area contributed by atoms with Crippen LogP contribution in [0.5, 0.6) is 5.75 Å². The van der Waals surface area contributed by atoms with E-state index in [-0.39, 0.29) is 4.90 Å². The van der Waals surface area contributed by atoms with E-state index >= 15 is 0 Å². The fourth-order valence-electron chi connectivity index (χ4n) is 3.57. The van der Waals surface area contributed by atoms with Crippen molar-refractivity contribution in [3.63, 3.8) is 0 Å². The molecule has 9 heteroatoms. The van der Waals surface area contributed by atoms with Crippen molar-refractivity contribution in [2.75, 3.05) is 25.1 Å². The average molecular weight is 528 g/mol. The number of aromatic nitrogens is 1. The number of methoxy groups -OCH3 is 1. The Morgan fingerprint density at radius 2 is 1.87 bits per heavy atom. The van der Waals surface area contributed by atoms with Crippen LogP contribution in [0.3, 0.4) is 0 Å². The third-order valence-electron chi connectivity index (χ3n) is 5.22. The lowest BCUT2D eigenvalue weighted by atomic mass is 10.1. The highest BCUT2D eigenvalue weighted by Crippen LogP contribution is 2.35. The van der Waals surface area contributed by atoms with Crippen molar-refractivity contribution in [2.24, 2.45) is 0 Å². The number of halogens is 2. The molecule has 1 aromatic heterocycles. The largest absolute Gasteiger partial charge is 0.495 e. The summed E-state index contributed by atoms with van der Waals surface area (Å²) < 4.78 is 32.5. The number of hydrogen-bond acceptors (Lipinski definition) is 6. The second-order valence-electron chi connectivity index (χ2n) is 7.05. The molecule has 0 aliphatic carbocycles. The van der Waals surface area contributed by atoms with Crippen molar-refractivity contribution in [3.8, 4) is 17.0 Å². The fraction of sp³-hybridized carbons (Fsp3) is 0.286. The average Bonchev–Trinajstić information content (AvgIpc) is 3.24. The van der Waals surface area contributed by atoms with Gasteiger partial charge in [0.05, 0.1) is 18.1 Å². The van der Waals surface area contributed by atoms with Gasteiger partial charge in [-0.2, -0.15) is 0 Å². The van der Waals surface area contributed by atoms with Crippen LogP contribution < -0.4 is 9.64 Å². The number of nitrogens with zero attached hydrogens (tertiary/aromatic N) is 2. The smallest absolute Gasteiger partial charge is 0.185 e. The summed E-state index contributed by atoms with van der Waals surface area (Å²) in [5, 5.41) is 3.19. The van der Waals surface area contributed by atoms with Gasteiger partial charge >= 0.3 is 0 Å². The topological polar surface area (TPSA) is 59.5 Å². The molecule has 5 nitrogen and oxygen atoms in total. The van der Waals surface area contributed by atoms with Crippen molar-refractivity contribution >= 4 is 53.8 Å². The van der Waals surface area contributed by atoms with Crippen LogP contribution in [-0.4, -0.2) is 38.9 Å². The normalized spacial score (nSPS) is 15.4. The van der Waals surface area contributed by atoms with E-state index in [1.807, 2.05) is 29.6 Å². The zero-order valence-corrected chi connectivity index (χ0v) is 20.2. The number of hydrogen-bond donors (Lipinski definition) is 0. The van der Waals surface area contributed by atoms with Gasteiger partial charge in [0.25, 0.3) is 0 Å².